The molecule has 0 amide bonds. The molecule has 0 rings (SSSR count). The van der Waals surface area contributed by atoms with Gasteiger partial charge in [-0.3, -0.25) is 0 Å². The van der Waals surface area contributed by atoms with Crippen LogP contribution in [0.3, 0.4) is 0 Å². The first kappa shape index (κ1) is 12.0. The Morgan fingerprint density at radius 3 is 2.38 bits per heavy atom. The molecule has 0 aliphatic carbocycles. The van der Waals surface area contributed by atoms with E-state index in [0.717, 1.165) is 6.42 Å². The summed E-state index contributed by atoms with van der Waals surface area (Å²) >= 11 is 0. The molecule has 0 aromatic heterocycles. The average molecular weight is 163 g/mol. The largest absolute Gasteiger partial charge is 2.00 e. The molecule has 0 spiro atoms. The second-order valence-corrected chi connectivity index (χ2v) is 2.41. The summed E-state index contributed by atoms with van der Waals surface area (Å²) in [6.07, 6.45) is 0.939. The Morgan fingerprint density at radius 1 is 1.75 bits per heavy atom. The summed E-state index contributed by atoms with van der Waals surface area (Å²) in [7, 11) is -1.36. The van der Waals surface area contributed by atoms with Crippen molar-refractivity contribution in [2.45, 2.75) is 13.3 Å². The summed E-state index contributed by atoms with van der Waals surface area (Å²) in [5.74, 6) is 0. The van der Waals surface area contributed by atoms with Gasteiger partial charge in [0.2, 0.25) is 0 Å². The van der Waals surface area contributed by atoms with E-state index in [-0.39, 0.29) is 40.6 Å². The molecule has 0 aliphatic rings. The van der Waals surface area contributed by atoms with Crippen LogP contribution in [0.15, 0.2) is 0 Å². The van der Waals surface area contributed by atoms with Gasteiger partial charge >= 0.3 is 45.8 Å². The summed E-state index contributed by atoms with van der Waals surface area (Å²) in [6, 6.07) is 0. The van der Waals surface area contributed by atoms with Gasteiger partial charge in [0, 0.05) is 0 Å². The molecular weight excluding hydrogens is 151 g/mol. The number of rotatable bonds is 3. The van der Waals surface area contributed by atoms with Crippen molar-refractivity contribution in [3.05, 3.63) is 0 Å². The summed E-state index contributed by atoms with van der Waals surface area (Å²) in [4.78, 5) is 0. The maximum Gasteiger partial charge on any atom is 2.00 e. The molecule has 1 unspecified atom stereocenters. The van der Waals surface area contributed by atoms with Crippen LogP contribution >= 0.6 is 8.03 Å². The third-order valence-corrected chi connectivity index (χ3v) is 1.02. The molecule has 0 heterocycles. The molecule has 0 bridgehead atoms. The van der Waals surface area contributed by atoms with Gasteiger partial charge in [-0.15, -0.1) is 4.52 Å². The van der Waals surface area contributed by atoms with Gasteiger partial charge in [-0.05, 0) is 11.0 Å². The monoisotopic (exact) mass is 163 g/mol. The molecule has 0 saturated heterocycles. The Hall–Kier alpha value is 1.32. The van der Waals surface area contributed by atoms with Crippen LogP contribution in [0, 0.1) is 0 Å². The maximum atomic E-state index is 10.1. The topological polar surface area (TPSA) is 26.3 Å². The van der Waals surface area contributed by atoms with Crippen molar-refractivity contribution in [2.75, 3.05) is 13.3 Å². The van der Waals surface area contributed by atoms with E-state index in [4.69, 9.17) is 4.52 Å². The molecule has 0 aromatic carbocycles. The fraction of sp³-hybridized carbons (Fsp3) is 1.00. The Kier molecular flexibility index (Phi) is 12.5. The minimum Gasteiger partial charge on any atom is -1.00 e. The Morgan fingerprint density at radius 2 is 2.25 bits per heavy atom. The van der Waals surface area contributed by atoms with Crippen molar-refractivity contribution in [3.8, 4) is 0 Å². The van der Waals surface area contributed by atoms with Crippen LogP contribution in [0.4, 0.5) is 0 Å². The Balaban J connectivity index is -0.0000000600. The van der Waals surface area contributed by atoms with Gasteiger partial charge in [-0.25, -0.2) is 0 Å². The van der Waals surface area contributed by atoms with E-state index in [9.17, 15) is 4.57 Å². The van der Waals surface area contributed by atoms with Gasteiger partial charge in [0.15, 0.2) is 6.66 Å². The first-order valence-electron chi connectivity index (χ1n) is 2.31. The van der Waals surface area contributed by atoms with E-state index in [0.29, 0.717) is 6.61 Å². The maximum absolute atomic E-state index is 10.1. The molecule has 0 N–H and O–H groups in total. The van der Waals surface area contributed by atoms with Crippen molar-refractivity contribution < 1.29 is 11.9 Å². The van der Waals surface area contributed by atoms with E-state index < -0.39 is 8.03 Å². The van der Waals surface area contributed by atoms with Gasteiger partial charge in [0.1, 0.15) is 6.61 Å². The fourth-order valence-electron chi connectivity index (χ4n) is 0.220. The van der Waals surface area contributed by atoms with Gasteiger partial charge < -0.3 is 2.85 Å². The minimum atomic E-state index is -1.36. The van der Waals surface area contributed by atoms with Crippen molar-refractivity contribution in [1.82, 2.24) is 0 Å². The quantitative estimate of drug-likeness (QED) is 0.467. The predicted molar refractivity (Wildman–Crippen MR) is 37.8 cm³/mol. The summed E-state index contributed by atoms with van der Waals surface area (Å²) in [6.45, 7) is 4.16. The van der Waals surface area contributed by atoms with Gasteiger partial charge in [-0.2, -0.15) is 0 Å². The standard InChI is InChI=1S/C4H10O2P.Ca.2H/c1-3-4-6-7(2)5;;;/h3-4H2,1-2H3;;;/q+1;+2;2*-1. The molecule has 2 nitrogen and oxygen atoms in total. The SMILES string of the molecule is CCCO[P+](C)=O.[Ca+2].[H-].[H-]. The molecule has 4 heteroatoms. The molecule has 0 aliphatic heterocycles. The molecule has 0 saturated carbocycles. The van der Waals surface area contributed by atoms with E-state index in [1.807, 2.05) is 6.92 Å². The Bertz CT molecular complexity index is 74.3. The second-order valence-electron chi connectivity index (χ2n) is 1.27. The van der Waals surface area contributed by atoms with Crippen LogP contribution < -0.4 is 0 Å². The van der Waals surface area contributed by atoms with Crippen molar-refractivity contribution in [2.24, 2.45) is 0 Å². The van der Waals surface area contributed by atoms with Crippen LogP contribution in [-0.4, -0.2) is 51.0 Å². The molecule has 0 aromatic rings. The summed E-state index contributed by atoms with van der Waals surface area (Å²) in [5, 5.41) is 0. The number of hydrogen-bond acceptors (Lipinski definition) is 2. The minimum absolute atomic E-state index is 0. The van der Waals surface area contributed by atoms with Gasteiger partial charge in [-0.1, -0.05) is 6.92 Å². The molecule has 1 atom stereocenters. The molecule has 46 valence electrons. The van der Waals surface area contributed by atoms with Gasteiger partial charge in [0.25, 0.3) is 0 Å². The van der Waals surface area contributed by atoms with Gasteiger partial charge in [0.05, 0.1) is 0 Å². The third kappa shape index (κ3) is 10.3. The van der Waals surface area contributed by atoms with E-state index >= 15 is 0 Å². The van der Waals surface area contributed by atoms with Crippen molar-refractivity contribution in [3.63, 3.8) is 0 Å². The zero-order valence-corrected chi connectivity index (χ0v) is 8.49. The second kappa shape index (κ2) is 8.32. The van der Waals surface area contributed by atoms with Crippen molar-refractivity contribution in [1.29, 1.82) is 0 Å². The summed E-state index contributed by atoms with van der Waals surface area (Å²) < 4.78 is 14.8. The van der Waals surface area contributed by atoms with Crippen LogP contribution in [0.5, 0.6) is 0 Å². The summed E-state index contributed by atoms with van der Waals surface area (Å²) in [5.41, 5.74) is 0. The zero-order valence-electron chi connectivity index (χ0n) is 7.39. The molecule has 8 heavy (non-hydrogen) atoms. The van der Waals surface area contributed by atoms with Crippen LogP contribution in [0.25, 0.3) is 0 Å². The zero-order chi connectivity index (χ0) is 5.70. The van der Waals surface area contributed by atoms with E-state index in [2.05, 4.69) is 0 Å². The first-order valence-corrected chi connectivity index (χ1v) is 3.93. The predicted octanol–water partition coefficient (Wildman–Crippen LogP) is 1.63. The molecule has 0 radical (unpaired) electrons. The molecular formula is C4H12CaO2P+. The smallest absolute Gasteiger partial charge is 1.00 e. The number of hydrogen-bond donors (Lipinski definition) is 0. The molecule has 0 fully saturated rings. The fourth-order valence-corrected chi connectivity index (χ4v) is 0.660. The normalized spacial score (nSPS) is 10.0. The van der Waals surface area contributed by atoms with Crippen LogP contribution in [-0.2, 0) is 9.09 Å². The van der Waals surface area contributed by atoms with E-state index in [1.54, 1.807) is 6.66 Å². The third-order valence-electron chi connectivity index (χ3n) is 0.477. The first-order chi connectivity index (χ1) is 3.27. The van der Waals surface area contributed by atoms with Crippen LogP contribution in [0.2, 0.25) is 0 Å². The van der Waals surface area contributed by atoms with Crippen LogP contribution in [0.1, 0.15) is 16.2 Å². The van der Waals surface area contributed by atoms with Crippen molar-refractivity contribution >= 4 is 45.8 Å². The Labute approximate surface area is 83.8 Å². The van der Waals surface area contributed by atoms with E-state index in [1.165, 1.54) is 0 Å². The average Bonchev–Trinajstić information content (AvgIpc) is 1.61.